The molecule has 38 heavy (non-hydrogen) atoms. The highest BCUT2D eigenvalue weighted by Gasteiger charge is 2.44. The van der Waals surface area contributed by atoms with Crippen LogP contribution in [0.3, 0.4) is 0 Å². The third-order valence-corrected chi connectivity index (χ3v) is 7.83. The summed E-state index contributed by atoms with van der Waals surface area (Å²) in [5.74, 6) is -5.53. The van der Waals surface area contributed by atoms with E-state index in [-0.39, 0.29) is 12.1 Å². The molecule has 2 aromatic rings. The largest absolute Gasteiger partial charge is 0.443 e. The molecule has 0 saturated carbocycles. The first kappa shape index (κ1) is 17.1. The second kappa shape index (κ2) is 12.4. The third kappa shape index (κ3) is 7.03. The molecule has 2 saturated heterocycles. The molecule has 10 nitrogen and oxygen atoms in total. The molecular formula is C27H37N3O7S. The van der Waals surface area contributed by atoms with Gasteiger partial charge in [0, 0.05) is 29.7 Å². The topological polar surface area (TPSA) is 140 Å². The van der Waals surface area contributed by atoms with E-state index >= 15 is 0 Å². The van der Waals surface area contributed by atoms with Crippen molar-refractivity contribution in [3.8, 4) is 0 Å². The van der Waals surface area contributed by atoms with E-state index in [1.54, 1.807) is 30.3 Å². The Morgan fingerprint density at radius 3 is 2.71 bits per heavy atom. The summed E-state index contributed by atoms with van der Waals surface area (Å²) in [6, 6.07) is 11.5. The van der Waals surface area contributed by atoms with Crippen molar-refractivity contribution in [2.24, 2.45) is 11.8 Å². The van der Waals surface area contributed by atoms with Gasteiger partial charge in [-0.05, 0) is 48.6 Å². The summed E-state index contributed by atoms with van der Waals surface area (Å²) in [5, 5.41) is 13.9. The Labute approximate surface area is 239 Å². The second-order valence-corrected chi connectivity index (χ2v) is 10.7. The average Bonchev–Trinajstić information content (AvgIpc) is 3.31. The van der Waals surface area contributed by atoms with Crippen molar-refractivity contribution in [2.75, 3.05) is 32.0 Å². The fourth-order valence-corrected chi connectivity index (χ4v) is 5.48. The van der Waals surface area contributed by atoms with E-state index in [4.69, 9.17) is 35.0 Å². The van der Waals surface area contributed by atoms with Crippen LogP contribution >= 0.6 is 0 Å². The summed E-state index contributed by atoms with van der Waals surface area (Å²) in [5.41, 5.74) is 6.40. The molecule has 0 unspecified atom stereocenters. The molecule has 1 amide bonds. The Bertz CT molecular complexity index is 1590. The predicted octanol–water partition coefficient (Wildman–Crippen LogP) is 2.38. The minimum Gasteiger partial charge on any atom is -0.443 e. The molecule has 4 rings (SSSR count). The van der Waals surface area contributed by atoms with Gasteiger partial charge < -0.3 is 30.4 Å². The summed E-state index contributed by atoms with van der Waals surface area (Å²) in [4.78, 5) is 12.8. The van der Waals surface area contributed by atoms with Crippen molar-refractivity contribution in [3.63, 3.8) is 0 Å². The van der Waals surface area contributed by atoms with Gasteiger partial charge in [0.1, 0.15) is 6.10 Å². The highest BCUT2D eigenvalue weighted by atomic mass is 32.2. The number of sulfonamides is 1. The lowest BCUT2D eigenvalue weighted by atomic mass is 10.0. The first-order valence-corrected chi connectivity index (χ1v) is 13.2. The summed E-state index contributed by atoms with van der Waals surface area (Å²) in [6.45, 7) is -12.4. The molecule has 2 heterocycles. The van der Waals surface area contributed by atoms with Crippen molar-refractivity contribution in [3.05, 3.63) is 60.2 Å². The van der Waals surface area contributed by atoms with Gasteiger partial charge in [-0.3, -0.25) is 0 Å². The van der Waals surface area contributed by atoms with Crippen LogP contribution in [0, 0.1) is 11.8 Å². The number of nitrogens with one attached hydrogen (secondary N) is 1. The van der Waals surface area contributed by atoms with Crippen LogP contribution in [0.2, 0.25) is 0 Å². The van der Waals surface area contributed by atoms with Gasteiger partial charge in [-0.2, -0.15) is 4.31 Å². The summed E-state index contributed by atoms with van der Waals surface area (Å²) < 4.78 is 132. The molecule has 208 valence electrons. The Hall–Kier alpha value is -2.70. The van der Waals surface area contributed by atoms with Crippen molar-refractivity contribution in [1.82, 2.24) is 9.62 Å². The first-order valence-electron chi connectivity index (χ1n) is 17.2. The van der Waals surface area contributed by atoms with Gasteiger partial charge in [0.25, 0.3) is 0 Å². The Morgan fingerprint density at radius 1 is 1.26 bits per heavy atom. The fourth-order valence-electron chi connectivity index (χ4n) is 4.06. The molecule has 11 heteroatoms. The SMILES string of the molecule is [2H]C1([2H])C[C@@]2([2H])[C@@H](OC(=O)N[C@@H](Cc3ccccc3)[C@H](O)CN(CC([2H])(C([2H])([2H])[2H])C([2H])([2H])[2H])S(=O)(=O)c3ccc(N)cc3)CO[C@@]2([2H])O1. The number of carbonyl (C=O) groups is 1. The molecule has 0 radical (unpaired) electrons. The van der Waals surface area contributed by atoms with Crippen molar-refractivity contribution in [1.29, 1.82) is 0 Å². The van der Waals surface area contributed by atoms with Crippen molar-refractivity contribution < 1.29 is 47.6 Å². The summed E-state index contributed by atoms with van der Waals surface area (Å²) in [6.07, 6.45) is -7.96. The lowest BCUT2D eigenvalue weighted by Crippen LogP contribution is -2.51. The van der Waals surface area contributed by atoms with Crippen LogP contribution in [0.15, 0.2) is 59.5 Å². The van der Waals surface area contributed by atoms with Gasteiger partial charge in [-0.1, -0.05) is 44.0 Å². The van der Waals surface area contributed by atoms with Gasteiger partial charge in [0.15, 0.2) is 6.27 Å². The molecule has 2 aromatic carbocycles. The number of alkyl carbamates (subject to hydrolysis) is 1. The van der Waals surface area contributed by atoms with Crippen LogP contribution in [0.5, 0.6) is 0 Å². The minimum atomic E-state index is -4.81. The Balaban J connectivity index is 1.66. The molecule has 5 atom stereocenters. The van der Waals surface area contributed by atoms with Gasteiger partial charge in [-0.25, -0.2) is 13.2 Å². The van der Waals surface area contributed by atoms with E-state index in [0.29, 0.717) is 9.87 Å². The Kier molecular flexibility index (Phi) is 5.59. The average molecular weight is 559 g/mol. The zero-order valence-electron chi connectivity index (χ0n) is 31.3. The van der Waals surface area contributed by atoms with Crippen LogP contribution in [-0.2, 0) is 30.7 Å². The van der Waals surface area contributed by atoms with E-state index < -0.39 is 104 Å². The number of aliphatic hydroxyl groups excluding tert-OH is 1. The van der Waals surface area contributed by atoms with E-state index in [0.717, 1.165) is 12.1 Å². The lowest BCUT2D eigenvalue weighted by molar-refractivity contribution is -0.0907. The standard InChI is InChI=1S/C27H37N3O7S/c1-18(2)15-30(38(33,34)21-10-8-20(28)9-11-21)16-24(31)23(14-19-6-4-3-5-7-19)29-27(32)37-25-17-36-26-22(25)12-13-35-26/h3-11,18,22-26,31H,12-17,28H2,1-2H3,(H,29,32)/t22-,23-,24+,25-,26+/m0/s1/i1D3,2D3,13D2,18D,22D,26D. The molecule has 4 N–H and O–H groups in total. The normalized spacial score (nSPS) is 33.2. The van der Waals surface area contributed by atoms with Gasteiger partial charge in [0.2, 0.25) is 10.0 Å². The summed E-state index contributed by atoms with van der Waals surface area (Å²) >= 11 is 0. The number of nitrogens with two attached hydrogens (primary N) is 1. The second-order valence-electron chi connectivity index (χ2n) is 8.79. The highest BCUT2D eigenvalue weighted by molar-refractivity contribution is 7.89. The van der Waals surface area contributed by atoms with E-state index in [9.17, 15) is 18.3 Å². The quantitative estimate of drug-likeness (QED) is 0.357. The van der Waals surface area contributed by atoms with Crippen LogP contribution in [-0.4, -0.2) is 74.7 Å². The van der Waals surface area contributed by atoms with Crippen LogP contribution in [0.25, 0.3) is 0 Å². The summed E-state index contributed by atoms with van der Waals surface area (Å²) in [7, 11) is -4.81. The number of benzene rings is 2. The molecule has 2 aliphatic rings. The maximum absolute atomic E-state index is 13.9. The molecule has 0 aliphatic carbocycles. The highest BCUT2D eigenvalue weighted by Crippen LogP contribution is 2.33. The zero-order valence-corrected chi connectivity index (χ0v) is 21.1. The number of nitrogen functional groups attached to an aromatic ring is 1. The number of ether oxygens (including phenoxy) is 3. The number of amides is 1. The van der Waals surface area contributed by atoms with E-state index in [2.05, 4.69) is 5.32 Å². The molecule has 0 aromatic heterocycles. The molecule has 2 aliphatic heterocycles. The lowest BCUT2D eigenvalue weighted by Gasteiger charge is -2.31. The van der Waals surface area contributed by atoms with Crippen LogP contribution in [0.4, 0.5) is 10.5 Å². The van der Waals surface area contributed by atoms with Crippen molar-refractivity contribution >= 4 is 21.8 Å². The van der Waals surface area contributed by atoms with Gasteiger partial charge >= 0.3 is 6.09 Å². The number of rotatable bonds is 11. The molecule has 0 bridgehead atoms. The monoisotopic (exact) mass is 558 g/mol. The van der Waals surface area contributed by atoms with Crippen molar-refractivity contribution in [2.45, 2.75) is 56.0 Å². The number of aliphatic hydroxyl groups is 1. The minimum absolute atomic E-state index is 0.168. The molecule has 0 spiro atoms. The fraction of sp³-hybridized carbons (Fsp3) is 0.519. The molecular weight excluding hydrogens is 510 g/mol. The molecule has 2 fully saturated rings. The van der Waals surface area contributed by atoms with Gasteiger partial charge in [0.05, 0.1) is 40.2 Å². The van der Waals surface area contributed by atoms with Crippen LogP contribution in [0.1, 0.15) is 40.8 Å². The van der Waals surface area contributed by atoms with E-state index in [1.165, 1.54) is 12.1 Å². The van der Waals surface area contributed by atoms with Crippen LogP contribution < -0.4 is 11.1 Å². The van der Waals surface area contributed by atoms with Gasteiger partial charge in [-0.15, -0.1) is 0 Å². The number of hydrogen-bond donors (Lipinski definition) is 3. The maximum atomic E-state index is 13.9. The zero-order chi connectivity index (χ0) is 36.8. The number of fused-ring (bicyclic) bond motifs is 1. The number of nitrogens with zero attached hydrogens (tertiary/aromatic N) is 1. The maximum Gasteiger partial charge on any atom is 0.407 e. The Morgan fingerprint density at radius 2 is 2.00 bits per heavy atom. The number of anilines is 1. The van der Waals surface area contributed by atoms with E-state index in [1.807, 2.05) is 0 Å². The smallest absolute Gasteiger partial charge is 0.407 e. The first-order chi connectivity index (χ1) is 22.3. The predicted molar refractivity (Wildman–Crippen MR) is 142 cm³/mol. The number of hydrogen-bond acceptors (Lipinski definition) is 8. The third-order valence-electron chi connectivity index (χ3n) is 6.00. The number of carbonyl (C=O) groups excluding carboxylic acids is 1.